The minimum Gasteiger partial charge on any atom is -0.481 e. The Kier molecular flexibility index (Phi) is 6.76. The highest BCUT2D eigenvalue weighted by molar-refractivity contribution is 5.73. The van der Waals surface area contributed by atoms with Crippen LogP contribution in [-0.4, -0.2) is 73.0 Å². The molecule has 154 valence electrons. The Morgan fingerprint density at radius 1 is 1.26 bits per heavy atom. The Labute approximate surface area is 161 Å². The van der Waals surface area contributed by atoms with E-state index in [2.05, 4.69) is 10.2 Å². The van der Waals surface area contributed by atoms with Crippen molar-refractivity contribution in [2.24, 2.45) is 11.3 Å². The zero-order valence-electron chi connectivity index (χ0n) is 16.6. The maximum Gasteiger partial charge on any atom is 0.306 e. The van der Waals surface area contributed by atoms with E-state index < -0.39 is 5.97 Å². The van der Waals surface area contributed by atoms with Gasteiger partial charge in [-0.15, -0.1) is 0 Å². The molecular formula is C20H34N2O5. The lowest BCUT2D eigenvalue weighted by atomic mass is 9.72. The van der Waals surface area contributed by atoms with Crippen molar-refractivity contribution in [2.75, 3.05) is 32.8 Å². The molecule has 0 aromatic rings. The van der Waals surface area contributed by atoms with E-state index in [1.807, 2.05) is 6.92 Å². The van der Waals surface area contributed by atoms with E-state index in [0.29, 0.717) is 32.1 Å². The highest BCUT2D eigenvalue weighted by Crippen LogP contribution is 2.43. The van der Waals surface area contributed by atoms with Crippen LogP contribution in [0.2, 0.25) is 0 Å². The number of rotatable bonds is 8. The van der Waals surface area contributed by atoms with E-state index >= 15 is 0 Å². The fourth-order valence-corrected chi connectivity index (χ4v) is 4.63. The molecule has 4 rings (SSSR count). The van der Waals surface area contributed by atoms with Crippen LogP contribution in [0.15, 0.2) is 0 Å². The largest absolute Gasteiger partial charge is 0.481 e. The van der Waals surface area contributed by atoms with Gasteiger partial charge in [0.2, 0.25) is 5.91 Å². The van der Waals surface area contributed by atoms with Gasteiger partial charge in [-0.25, -0.2) is 0 Å². The molecule has 27 heavy (non-hydrogen) atoms. The summed E-state index contributed by atoms with van der Waals surface area (Å²) in [6.45, 7) is 7.22. The first-order valence-corrected chi connectivity index (χ1v) is 10.3. The van der Waals surface area contributed by atoms with Crippen LogP contribution < -0.4 is 5.32 Å². The maximum absolute atomic E-state index is 11.7. The number of hydrogen-bond acceptors (Lipinski definition) is 5. The standard InChI is InChI=1S/C20H34N2O5/c1-14(26-12-20-7-3-17(4-8-20)27-13-20)18(21-15(2)23)11-22-9-5-16(6-10-22)19(24)25/h14,16-18H,3-13H2,1-2H3,(H,21,23)(H,24,25)/t14-,17?,18-,20?/m1/s1. The predicted molar refractivity (Wildman–Crippen MR) is 100 cm³/mol. The van der Waals surface area contributed by atoms with Gasteiger partial charge in [0.25, 0.3) is 0 Å². The first-order valence-electron chi connectivity index (χ1n) is 10.3. The molecule has 0 radical (unpaired) electrons. The number of ether oxygens (including phenoxy) is 2. The summed E-state index contributed by atoms with van der Waals surface area (Å²) >= 11 is 0. The highest BCUT2D eigenvalue weighted by atomic mass is 16.5. The van der Waals surface area contributed by atoms with Crippen LogP contribution in [0.3, 0.4) is 0 Å². The number of carboxylic acids is 1. The third-order valence-electron chi connectivity index (χ3n) is 6.62. The lowest BCUT2D eigenvalue weighted by Crippen LogP contribution is -2.53. The van der Waals surface area contributed by atoms with Crippen molar-refractivity contribution in [2.45, 2.75) is 70.6 Å². The van der Waals surface area contributed by atoms with E-state index in [0.717, 1.165) is 45.4 Å². The molecule has 1 amide bonds. The van der Waals surface area contributed by atoms with Gasteiger partial charge in [0.1, 0.15) is 0 Å². The average molecular weight is 383 g/mol. The molecular weight excluding hydrogens is 348 g/mol. The van der Waals surface area contributed by atoms with Crippen LogP contribution in [0.1, 0.15) is 52.4 Å². The molecule has 0 spiro atoms. The molecule has 7 nitrogen and oxygen atoms in total. The fraction of sp³-hybridized carbons (Fsp3) is 0.900. The van der Waals surface area contributed by atoms with E-state index in [9.17, 15) is 9.59 Å². The zero-order chi connectivity index (χ0) is 19.4. The Bertz CT molecular complexity index is 511. The van der Waals surface area contributed by atoms with E-state index in [4.69, 9.17) is 14.6 Å². The average Bonchev–Trinajstić information content (AvgIpc) is 2.67. The van der Waals surface area contributed by atoms with Crippen molar-refractivity contribution in [1.82, 2.24) is 10.2 Å². The second-order valence-corrected chi connectivity index (χ2v) is 8.75. The quantitative estimate of drug-likeness (QED) is 0.664. The van der Waals surface area contributed by atoms with Gasteiger partial charge in [-0.3, -0.25) is 9.59 Å². The number of likely N-dealkylation sites (tertiary alicyclic amines) is 1. The number of carboxylic acid groups (broad SMARTS) is 1. The first-order chi connectivity index (χ1) is 12.9. The first kappa shape index (κ1) is 20.6. The number of aliphatic carboxylic acids is 1. The van der Waals surface area contributed by atoms with Gasteiger partial charge in [0.05, 0.1) is 37.4 Å². The zero-order valence-corrected chi connectivity index (χ0v) is 16.6. The molecule has 0 aromatic heterocycles. The van der Waals surface area contributed by atoms with E-state index in [1.165, 1.54) is 6.92 Å². The number of nitrogens with one attached hydrogen (secondary N) is 1. The van der Waals surface area contributed by atoms with Gasteiger partial charge in [0.15, 0.2) is 0 Å². The fourth-order valence-electron chi connectivity index (χ4n) is 4.63. The van der Waals surface area contributed by atoms with Gasteiger partial charge in [-0.2, -0.15) is 0 Å². The van der Waals surface area contributed by atoms with Gasteiger partial charge >= 0.3 is 5.97 Å². The van der Waals surface area contributed by atoms with Gasteiger partial charge < -0.3 is 24.8 Å². The molecule has 0 unspecified atom stereocenters. The van der Waals surface area contributed by atoms with Gasteiger partial charge in [-0.1, -0.05) is 0 Å². The smallest absolute Gasteiger partial charge is 0.306 e. The number of hydrogen-bond donors (Lipinski definition) is 2. The van der Waals surface area contributed by atoms with Crippen LogP contribution in [0, 0.1) is 11.3 Å². The summed E-state index contributed by atoms with van der Waals surface area (Å²) in [7, 11) is 0. The number of nitrogens with zero attached hydrogens (tertiary/aromatic N) is 1. The number of amides is 1. The number of carbonyl (C=O) groups is 2. The Morgan fingerprint density at radius 2 is 1.93 bits per heavy atom. The summed E-state index contributed by atoms with van der Waals surface area (Å²) in [6.07, 6.45) is 6.27. The van der Waals surface area contributed by atoms with Crippen molar-refractivity contribution < 1.29 is 24.2 Å². The molecule has 2 bridgehead atoms. The summed E-state index contributed by atoms with van der Waals surface area (Å²) in [5.74, 6) is -1.00. The third kappa shape index (κ3) is 5.42. The van der Waals surface area contributed by atoms with Crippen LogP contribution in [0.4, 0.5) is 0 Å². The van der Waals surface area contributed by atoms with Crippen LogP contribution in [0.5, 0.6) is 0 Å². The van der Waals surface area contributed by atoms with Crippen molar-refractivity contribution in [1.29, 1.82) is 0 Å². The molecule has 4 aliphatic rings. The van der Waals surface area contributed by atoms with Crippen molar-refractivity contribution in [3.05, 3.63) is 0 Å². The molecule has 4 fully saturated rings. The second-order valence-electron chi connectivity index (χ2n) is 8.75. The summed E-state index contributed by atoms with van der Waals surface area (Å²) < 4.78 is 12.1. The summed E-state index contributed by atoms with van der Waals surface area (Å²) in [4.78, 5) is 25.1. The molecule has 3 aliphatic heterocycles. The molecule has 3 saturated heterocycles. The lowest BCUT2D eigenvalue weighted by Gasteiger charge is -2.46. The lowest BCUT2D eigenvalue weighted by molar-refractivity contribution is -0.152. The van der Waals surface area contributed by atoms with Crippen molar-refractivity contribution >= 4 is 11.9 Å². The molecule has 7 heteroatoms. The van der Waals surface area contributed by atoms with Gasteiger partial charge in [-0.05, 0) is 58.5 Å². The molecule has 1 saturated carbocycles. The molecule has 3 heterocycles. The summed E-state index contributed by atoms with van der Waals surface area (Å²) in [6, 6.07) is -0.0962. The Morgan fingerprint density at radius 3 is 2.44 bits per heavy atom. The predicted octanol–water partition coefficient (Wildman–Crippen LogP) is 1.65. The SMILES string of the molecule is CC(=O)N[C@H](CN1CCC(C(=O)O)CC1)[C@@H](C)OCC12CCC(CC1)OC2. The minimum absolute atomic E-state index is 0.0597. The Hall–Kier alpha value is -1.18. The Balaban J connectivity index is 1.51. The summed E-state index contributed by atoms with van der Waals surface area (Å²) in [5, 5.41) is 12.2. The topological polar surface area (TPSA) is 88.1 Å². The van der Waals surface area contributed by atoms with Crippen LogP contribution in [0.25, 0.3) is 0 Å². The van der Waals surface area contributed by atoms with Crippen molar-refractivity contribution in [3.63, 3.8) is 0 Å². The van der Waals surface area contributed by atoms with Crippen molar-refractivity contribution in [3.8, 4) is 0 Å². The number of carbonyl (C=O) groups excluding carboxylic acids is 1. The van der Waals surface area contributed by atoms with Crippen LogP contribution in [-0.2, 0) is 19.1 Å². The molecule has 2 N–H and O–H groups in total. The van der Waals surface area contributed by atoms with E-state index in [-0.39, 0.29) is 29.4 Å². The number of piperidine rings is 1. The monoisotopic (exact) mass is 382 g/mol. The maximum atomic E-state index is 11.7. The summed E-state index contributed by atoms with van der Waals surface area (Å²) in [5.41, 5.74) is 0.142. The van der Waals surface area contributed by atoms with E-state index in [1.54, 1.807) is 0 Å². The molecule has 1 aliphatic carbocycles. The normalized spacial score (nSPS) is 31.4. The van der Waals surface area contributed by atoms with Gasteiger partial charge in [0, 0.05) is 18.9 Å². The van der Waals surface area contributed by atoms with Crippen LogP contribution >= 0.6 is 0 Å². The third-order valence-corrected chi connectivity index (χ3v) is 6.62. The number of fused-ring (bicyclic) bond motifs is 3. The second kappa shape index (κ2) is 8.88. The minimum atomic E-state index is -0.701. The molecule has 2 atom stereocenters. The highest BCUT2D eigenvalue weighted by Gasteiger charge is 2.42. The molecule has 0 aromatic carbocycles.